The fraction of sp³-hybridized carbons (Fsp3) is 0.0769. The first kappa shape index (κ1) is 21.5. The Kier molecular flexibility index (Phi) is 3.46. The predicted octanol–water partition coefficient (Wildman–Crippen LogP) is 10.9. The van der Waals surface area contributed by atoms with Crippen molar-refractivity contribution in [3.63, 3.8) is 0 Å². The molecule has 0 saturated heterocycles. The van der Waals surface area contributed by atoms with Crippen molar-refractivity contribution in [2.24, 2.45) is 0 Å². The molecule has 0 bridgehead atoms. The van der Waals surface area contributed by atoms with Gasteiger partial charge in [0.05, 0.1) is 16.6 Å². The zero-order chi connectivity index (χ0) is 27.5. The molecule has 196 valence electrons. The highest BCUT2D eigenvalue weighted by Gasteiger charge is 2.38. The van der Waals surface area contributed by atoms with Crippen LogP contribution in [0.25, 0.3) is 93.1 Å². The van der Waals surface area contributed by atoms with Crippen molar-refractivity contribution < 1.29 is 8.83 Å². The van der Waals surface area contributed by atoms with Crippen molar-refractivity contribution in [3.8, 4) is 11.1 Å². The summed E-state index contributed by atoms with van der Waals surface area (Å²) in [5, 5.41) is 9.67. The first-order chi connectivity index (χ1) is 20.6. The van der Waals surface area contributed by atoms with Crippen LogP contribution in [0.2, 0.25) is 0 Å². The maximum atomic E-state index is 6.44. The van der Waals surface area contributed by atoms with Crippen LogP contribution in [0.5, 0.6) is 0 Å². The highest BCUT2D eigenvalue weighted by atomic mass is 16.3. The van der Waals surface area contributed by atoms with Gasteiger partial charge in [-0.15, -0.1) is 0 Å². The number of nitrogens with zero attached hydrogens (tertiary/aromatic N) is 1. The molecule has 0 atom stereocenters. The molecule has 1 aliphatic carbocycles. The molecule has 0 spiro atoms. The van der Waals surface area contributed by atoms with Crippen LogP contribution in [-0.2, 0) is 5.41 Å². The van der Waals surface area contributed by atoms with Crippen LogP contribution in [0.3, 0.4) is 0 Å². The molecule has 4 aromatic heterocycles. The van der Waals surface area contributed by atoms with Gasteiger partial charge in [-0.3, -0.25) is 0 Å². The van der Waals surface area contributed by atoms with E-state index in [9.17, 15) is 0 Å². The molecule has 1 aliphatic rings. The Bertz CT molecular complexity index is 2820. The molecule has 3 heteroatoms. The Hall–Kier alpha value is -5.28. The van der Waals surface area contributed by atoms with Crippen LogP contribution in [0.4, 0.5) is 0 Å². The molecule has 0 amide bonds. The Balaban J connectivity index is 1.44. The Morgan fingerprint density at radius 1 is 0.500 bits per heavy atom. The number of hydrogen-bond donors (Lipinski definition) is 0. The molecule has 3 nitrogen and oxygen atoms in total. The molecule has 0 aliphatic heterocycles. The van der Waals surface area contributed by atoms with Gasteiger partial charge in [0.2, 0.25) is 0 Å². The van der Waals surface area contributed by atoms with Crippen LogP contribution < -0.4 is 0 Å². The van der Waals surface area contributed by atoms with Crippen molar-refractivity contribution in [2.45, 2.75) is 19.3 Å². The highest BCUT2D eigenvalue weighted by Crippen LogP contribution is 2.56. The molecule has 4 heterocycles. The Morgan fingerprint density at radius 3 is 1.81 bits per heavy atom. The van der Waals surface area contributed by atoms with Gasteiger partial charge in [-0.1, -0.05) is 74.5 Å². The number of rotatable bonds is 0. The normalized spacial score (nSPS) is 14.6. The SMILES string of the molecule is CC1(C)c2ccccc2-c2c1cc1c3cc4oc5ccccc5c4cc3n3c4cc5c(cc4c2c13)oc1ccccc15. The zero-order valence-electron chi connectivity index (χ0n) is 23.1. The Labute approximate surface area is 239 Å². The van der Waals surface area contributed by atoms with Gasteiger partial charge in [0.1, 0.15) is 22.3 Å². The van der Waals surface area contributed by atoms with Crippen molar-refractivity contribution in [1.29, 1.82) is 0 Å². The summed E-state index contributed by atoms with van der Waals surface area (Å²) in [6.45, 7) is 4.73. The summed E-state index contributed by atoms with van der Waals surface area (Å²) in [6, 6.07) is 37.4. The van der Waals surface area contributed by atoms with Crippen LogP contribution >= 0.6 is 0 Å². The Morgan fingerprint density at radius 2 is 1.10 bits per heavy atom. The van der Waals surface area contributed by atoms with Gasteiger partial charge in [-0.25, -0.2) is 0 Å². The standard InChI is InChI=1S/C39H23NO2/c1-39(2)28-12-6-3-11-22(28)36-29(39)15-26-23-18-34-24(20-9-4-7-13-32(20)41-34)16-30(23)40-31-17-25-21-10-5-8-14-33(21)42-35(25)19-27(31)37(36)38(26)40/h3-19H,1-2H3. The molecule has 42 heavy (non-hydrogen) atoms. The molecular weight excluding hydrogens is 514 g/mol. The van der Waals surface area contributed by atoms with E-state index in [2.05, 4.69) is 109 Å². The number of furan rings is 2. The number of aromatic nitrogens is 1. The van der Waals surface area contributed by atoms with Gasteiger partial charge in [0.15, 0.2) is 0 Å². The number of para-hydroxylation sites is 2. The summed E-state index contributed by atoms with van der Waals surface area (Å²) in [7, 11) is 0. The number of fused-ring (bicyclic) bond motifs is 16. The quantitative estimate of drug-likeness (QED) is 0.193. The van der Waals surface area contributed by atoms with E-state index < -0.39 is 0 Å². The van der Waals surface area contributed by atoms with Crippen LogP contribution in [0.15, 0.2) is 112 Å². The maximum Gasteiger partial charge on any atom is 0.136 e. The van der Waals surface area contributed by atoms with E-state index in [0.717, 1.165) is 43.9 Å². The highest BCUT2D eigenvalue weighted by molar-refractivity contribution is 6.31. The molecular formula is C39H23NO2. The largest absolute Gasteiger partial charge is 0.456 e. The van der Waals surface area contributed by atoms with Gasteiger partial charge in [0.25, 0.3) is 0 Å². The van der Waals surface area contributed by atoms with E-state index in [0.29, 0.717) is 0 Å². The third kappa shape index (κ3) is 2.28. The molecule has 0 unspecified atom stereocenters. The number of hydrogen-bond acceptors (Lipinski definition) is 2. The first-order valence-corrected chi connectivity index (χ1v) is 14.6. The lowest BCUT2D eigenvalue weighted by Gasteiger charge is -2.21. The predicted molar refractivity (Wildman–Crippen MR) is 173 cm³/mol. The minimum atomic E-state index is -0.110. The van der Waals surface area contributed by atoms with Gasteiger partial charge in [-0.05, 0) is 64.7 Å². The topological polar surface area (TPSA) is 30.7 Å². The molecule has 0 fully saturated rings. The van der Waals surface area contributed by atoms with E-state index in [1.807, 2.05) is 12.1 Å². The van der Waals surface area contributed by atoms with Gasteiger partial charge in [-0.2, -0.15) is 0 Å². The van der Waals surface area contributed by atoms with Crippen LogP contribution in [0, 0.1) is 0 Å². The summed E-state index contributed by atoms with van der Waals surface area (Å²) >= 11 is 0. The lowest BCUT2D eigenvalue weighted by Crippen LogP contribution is -2.14. The average molecular weight is 538 g/mol. The van der Waals surface area contributed by atoms with Crippen LogP contribution in [-0.4, -0.2) is 4.40 Å². The average Bonchev–Trinajstić information content (AvgIpc) is 3.78. The minimum Gasteiger partial charge on any atom is -0.456 e. The second-order valence-corrected chi connectivity index (χ2v) is 12.5. The van der Waals surface area contributed by atoms with Crippen molar-refractivity contribution in [1.82, 2.24) is 4.40 Å². The van der Waals surface area contributed by atoms with Gasteiger partial charge in [0, 0.05) is 48.5 Å². The smallest absolute Gasteiger partial charge is 0.136 e. The molecule has 10 aromatic rings. The van der Waals surface area contributed by atoms with Gasteiger partial charge < -0.3 is 13.2 Å². The van der Waals surface area contributed by atoms with E-state index in [1.54, 1.807) is 0 Å². The molecule has 11 rings (SSSR count). The fourth-order valence-electron chi connectivity index (χ4n) is 8.21. The van der Waals surface area contributed by atoms with E-state index in [-0.39, 0.29) is 5.41 Å². The van der Waals surface area contributed by atoms with E-state index in [4.69, 9.17) is 8.83 Å². The van der Waals surface area contributed by atoms with Crippen molar-refractivity contribution >= 4 is 82.0 Å². The summed E-state index contributed by atoms with van der Waals surface area (Å²) < 4.78 is 15.3. The minimum absolute atomic E-state index is 0.110. The van der Waals surface area contributed by atoms with Gasteiger partial charge >= 0.3 is 0 Å². The maximum absolute atomic E-state index is 6.44. The van der Waals surface area contributed by atoms with E-state index >= 15 is 0 Å². The third-order valence-corrected chi connectivity index (χ3v) is 10.1. The summed E-state index contributed by atoms with van der Waals surface area (Å²) in [4.78, 5) is 0. The first-order valence-electron chi connectivity index (χ1n) is 14.6. The van der Waals surface area contributed by atoms with E-state index in [1.165, 1.54) is 60.3 Å². The van der Waals surface area contributed by atoms with Crippen molar-refractivity contribution in [2.75, 3.05) is 0 Å². The third-order valence-electron chi connectivity index (χ3n) is 10.1. The summed E-state index contributed by atoms with van der Waals surface area (Å²) in [5.74, 6) is 0. The lowest BCUT2D eigenvalue weighted by atomic mass is 9.81. The summed E-state index contributed by atoms with van der Waals surface area (Å²) in [6.07, 6.45) is 0. The van der Waals surface area contributed by atoms with Crippen LogP contribution in [0.1, 0.15) is 25.0 Å². The molecule has 0 radical (unpaired) electrons. The molecule has 6 aromatic carbocycles. The fourth-order valence-corrected chi connectivity index (χ4v) is 8.21. The second-order valence-electron chi connectivity index (χ2n) is 12.5. The lowest BCUT2D eigenvalue weighted by molar-refractivity contribution is 0.661. The second kappa shape index (κ2) is 6.78. The van der Waals surface area contributed by atoms with Crippen molar-refractivity contribution in [3.05, 3.63) is 114 Å². The molecule has 0 N–H and O–H groups in total. The number of benzene rings is 6. The molecule has 0 saturated carbocycles. The zero-order valence-corrected chi connectivity index (χ0v) is 23.1. The monoisotopic (exact) mass is 537 g/mol. The summed E-state index contributed by atoms with van der Waals surface area (Å²) in [5.41, 5.74) is 12.8.